The highest BCUT2D eigenvalue weighted by Crippen LogP contribution is 2.23. The van der Waals surface area contributed by atoms with Crippen LogP contribution in [0.3, 0.4) is 0 Å². The van der Waals surface area contributed by atoms with Crippen LogP contribution in [-0.2, 0) is 6.61 Å². The van der Waals surface area contributed by atoms with Gasteiger partial charge in [0.25, 0.3) is 5.91 Å². The Bertz CT molecular complexity index is 708. The molecule has 0 fully saturated rings. The van der Waals surface area contributed by atoms with E-state index in [-0.39, 0.29) is 11.4 Å². The molecule has 2 aromatic rings. The van der Waals surface area contributed by atoms with E-state index in [2.05, 4.69) is 5.32 Å². The first-order valence-electron chi connectivity index (χ1n) is 7.24. The summed E-state index contributed by atoms with van der Waals surface area (Å²) in [5.74, 6) is 0.495. The second kappa shape index (κ2) is 7.24. The predicted molar refractivity (Wildman–Crippen MR) is 94.5 cm³/mol. The van der Waals surface area contributed by atoms with Crippen LogP contribution >= 0.6 is 23.2 Å². The molecular weight excluding hydrogens is 333 g/mol. The Labute approximate surface area is 146 Å². The van der Waals surface area contributed by atoms with Crippen molar-refractivity contribution < 1.29 is 9.53 Å². The summed E-state index contributed by atoms with van der Waals surface area (Å²) in [7, 11) is 0. The lowest BCUT2D eigenvalue weighted by molar-refractivity contribution is 0.0919. The molecule has 0 aliphatic carbocycles. The summed E-state index contributed by atoms with van der Waals surface area (Å²) in [6.45, 7) is 6.17. The third kappa shape index (κ3) is 5.45. The van der Waals surface area contributed by atoms with Crippen LogP contribution < -0.4 is 10.1 Å². The maximum absolute atomic E-state index is 12.2. The van der Waals surface area contributed by atoms with Gasteiger partial charge < -0.3 is 10.1 Å². The van der Waals surface area contributed by atoms with Crippen molar-refractivity contribution in [1.82, 2.24) is 5.32 Å². The highest BCUT2D eigenvalue weighted by Gasteiger charge is 2.15. The van der Waals surface area contributed by atoms with Crippen LogP contribution in [0.25, 0.3) is 0 Å². The van der Waals surface area contributed by atoms with E-state index in [0.29, 0.717) is 28.0 Å². The van der Waals surface area contributed by atoms with Gasteiger partial charge in [0.2, 0.25) is 0 Å². The van der Waals surface area contributed by atoms with Crippen LogP contribution in [0.4, 0.5) is 0 Å². The Morgan fingerprint density at radius 3 is 2.48 bits per heavy atom. The van der Waals surface area contributed by atoms with Crippen molar-refractivity contribution in [2.45, 2.75) is 32.9 Å². The number of nitrogens with one attached hydrogen (secondary N) is 1. The van der Waals surface area contributed by atoms with Crippen molar-refractivity contribution >= 4 is 29.1 Å². The number of carbonyl (C=O) groups excluding carboxylic acids is 1. The van der Waals surface area contributed by atoms with Crippen molar-refractivity contribution in [1.29, 1.82) is 0 Å². The molecule has 3 nitrogen and oxygen atoms in total. The molecule has 23 heavy (non-hydrogen) atoms. The largest absolute Gasteiger partial charge is 0.489 e. The molecule has 0 radical (unpaired) electrons. The van der Waals surface area contributed by atoms with Gasteiger partial charge in [-0.15, -0.1) is 0 Å². The molecule has 1 N–H and O–H groups in total. The van der Waals surface area contributed by atoms with Gasteiger partial charge in [0.15, 0.2) is 0 Å². The minimum atomic E-state index is -0.284. The zero-order valence-corrected chi connectivity index (χ0v) is 14.8. The summed E-state index contributed by atoms with van der Waals surface area (Å²) < 4.78 is 5.73. The van der Waals surface area contributed by atoms with Crippen LogP contribution in [0.1, 0.15) is 36.7 Å². The molecule has 0 bridgehead atoms. The van der Waals surface area contributed by atoms with Crippen molar-refractivity contribution in [2.75, 3.05) is 0 Å². The normalized spacial score (nSPS) is 11.2. The first-order valence-corrected chi connectivity index (χ1v) is 7.99. The van der Waals surface area contributed by atoms with Crippen LogP contribution in [0, 0.1) is 0 Å². The smallest absolute Gasteiger partial charge is 0.251 e. The first-order chi connectivity index (χ1) is 10.7. The van der Waals surface area contributed by atoms with Crippen LogP contribution in [0.15, 0.2) is 42.5 Å². The number of amides is 1. The average Bonchev–Trinajstić information content (AvgIpc) is 2.47. The van der Waals surface area contributed by atoms with Gasteiger partial charge in [-0.3, -0.25) is 4.79 Å². The van der Waals surface area contributed by atoms with E-state index in [1.54, 1.807) is 30.3 Å². The van der Waals surface area contributed by atoms with E-state index in [9.17, 15) is 4.79 Å². The van der Waals surface area contributed by atoms with E-state index in [4.69, 9.17) is 27.9 Å². The maximum atomic E-state index is 12.2. The minimum Gasteiger partial charge on any atom is -0.489 e. The number of halogens is 2. The van der Waals surface area contributed by atoms with E-state index < -0.39 is 0 Å². The topological polar surface area (TPSA) is 38.3 Å². The molecular formula is C18H19Cl2NO2. The lowest BCUT2D eigenvalue weighted by atomic mass is 10.1. The van der Waals surface area contributed by atoms with Crippen molar-refractivity contribution in [3.63, 3.8) is 0 Å². The van der Waals surface area contributed by atoms with E-state index in [0.717, 1.165) is 5.56 Å². The molecule has 2 aromatic carbocycles. The summed E-state index contributed by atoms with van der Waals surface area (Å²) in [6.07, 6.45) is 0. The number of hydrogen-bond acceptors (Lipinski definition) is 2. The highest BCUT2D eigenvalue weighted by molar-refractivity contribution is 6.42. The van der Waals surface area contributed by atoms with Gasteiger partial charge in [-0.2, -0.15) is 0 Å². The SMILES string of the molecule is CC(C)(C)NC(=O)c1cccc(OCc2ccc(Cl)c(Cl)c2)c1. The molecule has 0 aromatic heterocycles. The van der Waals surface area contributed by atoms with Crippen molar-refractivity contribution in [3.8, 4) is 5.75 Å². The van der Waals surface area contributed by atoms with Gasteiger partial charge >= 0.3 is 0 Å². The fourth-order valence-electron chi connectivity index (χ4n) is 1.94. The van der Waals surface area contributed by atoms with Gasteiger partial charge in [0, 0.05) is 11.1 Å². The molecule has 0 spiro atoms. The Morgan fingerprint density at radius 1 is 1.09 bits per heavy atom. The Kier molecular flexibility index (Phi) is 5.55. The Morgan fingerprint density at radius 2 is 1.83 bits per heavy atom. The van der Waals surface area contributed by atoms with Gasteiger partial charge in [-0.05, 0) is 56.7 Å². The zero-order valence-electron chi connectivity index (χ0n) is 13.3. The van der Waals surface area contributed by atoms with E-state index in [1.807, 2.05) is 32.9 Å². The summed E-state index contributed by atoms with van der Waals surface area (Å²) in [5, 5.41) is 3.93. The average molecular weight is 352 g/mol. The molecule has 0 saturated carbocycles. The standard InChI is InChI=1S/C18H19Cl2NO2/c1-18(2,3)21-17(22)13-5-4-6-14(10-13)23-11-12-7-8-15(19)16(20)9-12/h4-10H,11H2,1-3H3,(H,21,22). The van der Waals surface area contributed by atoms with Gasteiger partial charge in [0.1, 0.15) is 12.4 Å². The van der Waals surface area contributed by atoms with Crippen molar-refractivity contribution in [2.24, 2.45) is 0 Å². The fourth-order valence-corrected chi connectivity index (χ4v) is 2.26. The molecule has 2 rings (SSSR count). The fraction of sp³-hybridized carbons (Fsp3) is 0.278. The summed E-state index contributed by atoms with van der Waals surface area (Å²) >= 11 is 11.9. The minimum absolute atomic E-state index is 0.127. The number of rotatable bonds is 4. The first kappa shape index (κ1) is 17.6. The molecule has 5 heteroatoms. The third-order valence-electron chi connectivity index (χ3n) is 2.97. The second-order valence-corrected chi connectivity index (χ2v) is 7.08. The molecule has 0 aliphatic heterocycles. The monoisotopic (exact) mass is 351 g/mol. The molecule has 0 atom stereocenters. The summed E-state index contributed by atoms with van der Waals surface area (Å²) in [6, 6.07) is 12.4. The van der Waals surface area contributed by atoms with Gasteiger partial charge in [0.05, 0.1) is 10.0 Å². The van der Waals surface area contributed by atoms with E-state index >= 15 is 0 Å². The van der Waals surface area contributed by atoms with E-state index in [1.165, 1.54) is 0 Å². The molecule has 0 heterocycles. The molecule has 0 saturated heterocycles. The van der Waals surface area contributed by atoms with Crippen LogP contribution in [0.2, 0.25) is 10.0 Å². The highest BCUT2D eigenvalue weighted by atomic mass is 35.5. The molecule has 122 valence electrons. The van der Waals surface area contributed by atoms with Gasteiger partial charge in [-0.1, -0.05) is 35.3 Å². The zero-order chi connectivity index (χ0) is 17.0. The Hall–Kier alpha value is -1.71. The van der Waals surface area contributed by atoms with Crippen LogP contribution in [-0.4, -0.2) is 11.4 Å². The summed E-state index contributed by atoms with van der Waals surface area (Å²) in [4.78, 5) is 12.2. The maximum Gasteiger partial charge on any atom is 0.251 e. The lowest BCUT2D eigenvalue weighted by Gasteiger charge is -2.20. The van der Waals surface area contributed by atoms with Gasteiger partial charge in [-0.25, -0.2) is 0 Å². The Balaban J connectivity index is 2.05. The van der Waals surface area contributed by atoms with Crippen LogP contribution in [0.5, 0.6) is 5.75 Å². The number of carbonyl (C=O) groups is 1. The molecule has 1 amide bonds. The summed E-state index contributed by atoms with van der Waals surface area (Å²) in [5.41, 5.74) is 1.18. The second-order valence-electron chi connectivity index (χ2n) is 6.27. The lowest BCUT2D eigenvalue weighted by Crippen LogP contribution is -2.40. The quantitative estimate of drug-likeness (QED) is 0.831. The number of ether oxygens (including phenoxy) is 1. The predicted octanol–water partition coefficient (Wildman–Crippen LogP) is 5.10. The van der Waals surface area contributed by atoms with Crippen molar-refractivity contribution in [3.05, 3.63) is 63.6 Å². The molecule has 0 unspecified atom stereocenters. The third-order valence-corrected chi connectivity index (χ3v) is 3.71. The number of benzene rings is 2. The molecule has 0 aliphatic rings. The number of hydrogen-bond donors (Lipinski definition) is 1.